The van der Waals surface area contributed by atoms with Gasteiger partial charge in [0.1, 0.15) is 5.75 Å². The summed E-state index contributed by atoms with van der Waals surface area (Å²) < 4.78 is 5.40. The first kappa shape index (κ1) is 14.9. The van der Waals surface area contributed by atoms with Crippen LogP contribution in [0.1, 0.15) is 22.7 Å². The van der Waals surface area contributed by atoms with Crippen molar-refractivity contribution in [2.24, 2.45) is 0 Å². The van der Waals surface area contributed by atoms with Crippen molar-refractivity contribution < 1.29 is 4.74 Å². The summed E-state index contributed by atoms with van der Waals surface area (Å²) in [6.07, 6.45) is 0.850. The first-order valence-corrected chi connectivity index (χ1v) is 7.08. The molecule has 2 aromatic carbocycles. The van der Waals surface area contributed by atoms with Crippen LogP contribution in [0, 0.1) is 6.92 Å². The van der Waals surface area contributed by atoms with Crippen LogP contribution in [0.5, 0.6) is 5.75 Å². The maximum Gasteiger partial charge on any atom is 0.122 e. The molecule has 0 radical (unpaired) electrons. The van der Waals surface area contributed by atoms with Gasteiger partial charge in [0.25, 0.3) is 0 Å². The Kier molecular flexibility index (Phi) is 5.05. The number of nitrogens with one attached hydrogen (secondary N) is 1. The van der Waals surface area contributed by atoms with E-state index >= 15 is 0 Å². The summed E-state index contributed by atoms with van der Waals surface area (Å²) in [5.74, 6) is 0.918. The average Bonchev–Trinajstić information content (AvgIpc) is 2.47. The Morgan fingerprint density at radius 2 is 1.95 bits per heavy atom. The fourth-order valence-electron chi connectivity index (χ4n) is 2.32. The summed E-state index contributed by atoms with van der Waals surface area (Å²) in [5, 5.41) is 4.16. The molecule has 1 N–H and O–H groups in total. The van der Waals surface area contributed by atoms with Crippen LogP contribution in [0.2, 0.25) is 5.02 Å². The van der Waals surface area contributed by atoms with Crippen molar-refractivity contribution in [3.05, 3.63) is 64.2 Å². The minimum Gasteiger partial charge on any atom is -0.496 e. The predicted octanol–water partition coefficient (Wildman–Crippen LogP) is 4.16. The van der Waals surface area contributed by atoms with Crippen LogP contribution in [0.4, 0.5) is 0 Å². The molecule has 0 saturated carbocycles. The molecule has 0 aliphatic rings. The highest BCUT2D eigenvalue weighted by atomic mass is 35.5. The maximum atomic E-state index is 6.24. The number of ether oxygens (including phenoxy) is 1. The normalized spacial score (nSPS) is 12.2. The van der Waals surface area contributed by atoms with Gasteiger partial charge in [-0.25, -0.2) is 0 Å². The Balaban J connectivity index is 2.26. The van der Waals surface area contributed by atoms with E-state index < -0.39 is 0 Å². The van der Waals surface area contributed by atoms with E-state index in [2.05, 4.69) is 29.6 Å². The molecular weight excluding hydrogens is 270 g/mol. The second-order valence-electron chi connectivity index (χ2n) is 4.87. The summed E-state index contributed by atoms with van der Waals surface area (Å²) in [6, 6.07) is 14.5. The molecule has 1 unspecified atom stereocenters. The number of rotatable bonds is 5. The number of halogens is 1. The first-order valence-electron chi connectivity index (χ1n) is 6.71. The molecule has 2 aromatic rings. The van der Waals surface area contributed by atoms with Crippen LogP contribution < -0.4 is 10.1 Å². The summed E-state index contributed by atoms with van der Waals surface area (Å²) in [7, 11) is 3.67. The molecule has 0 saturated heterocycles. The van der Waals surface area contributed by atoms with Crippen LogP contribution in [0.15, 0.2) is 42.5 Å². The molecule has 106 valence electrons. The molecule has 20 heavy (non-hydrogen) atoms. The molecule has 0 aliphatic heterocycles. The van der Waals surface area contributed by atoms with Gasteiger partial charge in [-0.2, -0.15) is 0 Å². The monoisotopic (exact) mass is 289 g/mol. The van der Waals surface area contributed by atoms with E-state index in [0.717, 1.165) is 28.3 Å². The molecular formula is C17H20ClNO. The zero-order chi connectivity index (χ0) is 14.5. The minimum atomic E-state index is 0.212. The lowest BCUT2D eigenvalue weighted by Gasteiger charge is -2.19. The van der Waals surface area contributed by atoms with Gasteiger partial charge < -0.3 is 10.1 Å². The van der Waals surface area contributed by atoms with Crippen LogP contribution in [-0.4, -0.2) is 14.2 Å². The van der Waals surface area contributed by atoms with Crippen LogP contribution in [-0.2, 0) is 6.42 Å². The van der Waals surface area contributed by atoms with Gasteiger partial charge in [-0.1, -0.05) is 41.9 Å². The van der Waals surface area contributed by atoms with E-state index in [-0.39, 0.29) is 6.04 Å². The molecule has 0 fully saturated rings. The summed E-state index contributed by atoms with van der Waals surface area (Å²) in [5.41, 5.74) is 3.49. The van der Waals surface area contributed by atoms with Crippen molar-refractivity contribution in [2.75, 3.05) is 14.2 Å². The molecule has 3 heteroatoms. The van der Waals surface area contributed by atoms with Gasteiger partial charge in [0.15, 0.2) is 0 Å². The predicted molar refractivity (Wildman–Crippen MR) is 84.7 cm³/mol. The third-order valence-corrected chi connectivity index (χ3v) is 3.93. The molecule has 0 heterocycles. The molecule has 0 aromatic heterocycles. The Labute approximate surface area is 125 Å². The topological polar surface area (TPSA) is 21.3 Å². The van der Waals surface area contributed by atoms with Gasteiger partial charge in [0, 0.05) is 11.1 Å². The largest absolute Gasteiger partial charge is 0.496 e. The lowest BCUT2D eigenvalue weighted by atomic mass is 9.97. The number of hydrogen-bond donors (Lipinski definition) is 1. The van der Waals surface area contributed by atoms with E-state index in [9.17, 15) is 0 Å². The van der Waals surface area contributed by atoms with Gasteiger partial charge in [0.05, 0.1) is 7.11 Å². The fraction of sp³-hybridized carbons (Fsp3) is 0.294. The van der Waals surface area contributed by atoms with Crippen LogP contribution in [0.3, 0.4) is 0 Å². The Morgan fingerprint density at radius 1 is 1.20 bits per heavy atom. The van der Waals surface area contributed by atoms with Crippen molar-refractivity contribution in [2.45, 2.75) is 19.4 Å². The minimum absolute atomic E-state index is 0.212. The summed E-state index contributed by atoms with van der Waals surface area (Å²) >= 11 is 6.24. The number of hydrogen-bond acceptors (Lipinski definition) is 2. The SMILES string of the molecule is CNC(Cc1ccccc1Cl)c1ccc(C)c(OC)c1. The summed E-state index contributed by atoms with van der Waals surface area (Å²) in [4.78, 5) is 0. The molecule has 0 aliphatic carbocycles. The molecule has 0 bridgehead atoms. The second kappa shape index (κ2) is 6.78. The van der Waals surface area contributed by atoms with Crippen molar-refractivity contribution in [1.29, 1.82) is 0 Å². The highest BCUT2D eigenvalue weighted by Gasteiger charge is 2.13. The third kappa shape index (κ3) is 3.33. The highest BCUT2D eigenvalue weighted by molar-refractivity contribution is 6.31. The first-order chi connectivity index (χ1) is 9.65. The molecule has 0 spiro atoms. The van der Waals surface area contributed by atoms with E-state index in [4.69, 9.17) is 16.3 Å². The van der Waals surface area contributed by atoms with Crippen LogP contribution in [0.25, 0.3) is 0 Å². The zero-order valence-electron chi connectivity index (χ0n) is 12.1. The maximum absolute atomic E-state index is 6.24. The lowest BCUT2D eigenvalue weighted by molar-refractivity contribution is 0.410. The van der Waals surface area contributed by atoms with Gasteiger partial charge >= 0.3 is 0 Å². The fourth-order valence-corrected chi connectivity index (χ4v) is 2.54. The Morgan fingerprint density at radius 3 is 2.60 bits per heavy atom. The van der Waals surface area contributed by atoms with E-state index in [1.165, 1.54) is 5.56 Å². The van der Waals surface area contributed by atoms with Gasteiger partial charge in [0.2, 0.25) is 0 Å². The molecule has 2 rings (SSSR count). The Bertz CT molecular complexity index is 583. The summed E-state index contributed by atoms with van der Waals surface area (Å²) in [6.45, 7) is 2.05. The molecule has 0 amide bonds. The van der Waals surface area contributed by atoms with Crippen molar-refractivity contribution >= 4 is 11.6 Å². The van der Waals surface area contributed by atoms with Gasteiger partial charge in [-0.05, 0) is 49.2 Å². The lowest BCUT2D eigenvalue weighted by Crippen LogP contribution is -2.19. The third-order valence-electron chi connectivity index (χ3n) is 3.56. The number of methoxy groups -OCH3 is 1. The number of benzene rings is 2. The van der Waals surface area contributed by atoms with Crippen molar-refractivity contribution in [3.63, 3.8) is 0 Å². The smallest absolute Gasteiger partial charge is 0.122 e. The number of likely N-dealkylation sites (N-methyl/N-ethyl adjacent to an activating group) is 1. The standard InChI is InChI=1S/C17H20ClNO/c1-12-8-9-14(11-17(12)20-3)16(19-2)10-13-6-4-5-7-15(13)18/h4-9,11,16,19H,10H2,1-3H3. The average molecular weight is 290 g/mol. The number of aryl methyl sites for hydroxylation is 1. The van der Waals surface area contributed by atoms with Crippen molar-refractivity contribution in [3.8, 4) is 5.75 Å². The van der Waals surface area contributed by atoms with Crippen LogP contribution >= 0.6 is 11.6 Å². The van der Waals surface area contributed by atoms with Gasteiger partial charge in [-0.3, -0.25) is 0 Å². The quantitative estimate of drug-likeness (QED) is 0.892. The highest BCUT2D eigenvalue weighted by Crippen LogP contribution is 2.27. The van der Waals surface area contributed by atoms with E-state index in [1.807, 2.05) is 32.2 Å². The Hall–Kier alpha value is -1.51. The van der Waals surface area contributed by atoms with Gasteiger partial charge in [-0.15, -0.1) is 0 Å². The van der Waals surface area contributed by atoms with Crippen molar-refractivity contribution in [1.82, 2.24) is 5.32 Å². The molecule has 1 atom stereocenters. The zero-order valence-corrected chi connectivity index (χ0v) is 12.9. The van der Waals surface area contributed by atoms with E-state index in [1.54, 1.807) is 7.11 Å². The molecule has 2 nitrogen and oxygen atoms in total. The van der Waals surface area contributed by atoms with E-state index in [0.29, 0.717) is 0 Å². The second-order valence-corrected chi connectivity index (χ2v) is 5.27.